The molecule has 0 radical (unpaired) electrons. The van der Waals surface area contributed by atoms with Gasteiger partial charge in [0.1, 0.15) is 11.5 Å². The van der Waals surface area contributed by atoms with Gasteiger partial charge in [0.05, 0.1) is 10.6 Å². The average molecular weight is 501 g/mol. The molecule has 0 atom stereocenters. The highest BCUT2D eigenvalue weighted by atomic mass is 79.9. The van der Waals surface area contributed by atoms with Gasteiger partial charge in [-0.1, -0.05) is 11.6 Å². The largest absolute Gasteiger partial charge is 0.491 e. The van der Waals surface area contributed by atoms with Crippen molar-refractivity contribution in [1.82, 2.24) is 16.2 Å². The number of rotatable bonds is 6. The Balaban J connectivity index is 1.75. The fourth-order valence-electron chi connectivity index (χ4n) is 2.06. The van der Waals surface area contributed by atoms with Gasteiger partial charge in [0.2, 0.25) is 0 Å². The summed E-state index contributed by atoms with van der Waals surface area (Å²) in [5.74, 6) is 0.218. The van der Waals surface area contributed by atoms with Gasteiger partial charge in [-0.15, -0.1) is 0 Å². The molecule has 0 saturated heterocycles. The van der Waals surface area contributed by atoms with E-state index in [1.807, 2.05) is 13.8 Å². The van der Waals surface area contributed by atoms with Gasteiger partial charge in [-0.05, 0) is 84.5 Å². The number of carbonyl (C=O) groups is 2. The van der Waals surface area contributed by atoms with Crippen LogP contribution in [0, 0.1) is 0 Å². The predicted octanol–water partition coefficient (Wildman–Crippen LogP) is 3.60. The fourth-order valence-corrected chi connectivity index (χ4v) is 3.00. The summed E-state index contributed by atoms with van der Waals surface area (Å²) in [6.07, 6.45) is 0.0415. The highest BCUT2D eigenvalue weighted by Gasteiger charge is 2.10. The topological polar surface area (TPSA) is 88.7 Å². The Kier molecular flexibility index (Phi) is 8.69. The zero-order chi connectivity index (χ0) is 21.4. The number of ether oxygens (including phenoxy) is 2. The third kappa shape index (κ3) is 7.88. The van der Waals surface area contributed by atoms with Crippen LogP contribution in [0.3, 0.4) is 0 Å². The average Bonchev–Trinajstić information content (AvgIpc) is 2.65. The molecule has 0 fully saturated rings. The van der Waals surface area contributed by atoms with E-state index in [1.54, 1.807) is 42.5 Å². The zero-order valence-corrected chi connectivity index (χ0v) is 18.8. The second-order valence-corrected chi connectivity index (χ2v) is 7.71. The van der Waals surface area contributed by atoms with E-state index in [0.29, 0.717) is 26.6 Å². The molecule has 154 valence electrons. The maximum Gasteiger partial charge on any atom is 0.276 e. The van der Waals surface area contributed by atoms with Crippen molar-refractivity contribution in [2.75, 3.05) is 6.61 Å². The van der Waals surface area contributed by atoms with Crippen molar-refractivity contribution in [3.05, 3.63) is 57.5 Å². The minimum absolute atomic E-state index is 0.0415. The van der Waals surface area contributed by atoms with Gasteiger partial charge < -0.3 is 9.47 Å². The van der Waals surface area contributed by atoms with Gasteiger partial charge in [-0.3, -0.25) is 25.8 Å². The molecule has 2 rings (SSSR count). The van der Waals surface area contributed by atoms with Crippen molar-refractivity contribution in [1.29, 1.82) is 0 Å². The normalized spacial score (nSPS) is 10.2. The lowest BCUT2D eigenvalue weighted by atomic mass is 10.2. The molecule has 2 aromatic carbocycles. The van der Waals surface area contributed by atoms with Gasteiger partial charge >= 0.3 is 0 Å². The second kappa shape index (κ2) is 11.0. The fraction of sp³-hybridized carbons (Fsp3) is 0.211. The number of halogens is 2. The first kappa shape index (κ1) is 22.9. The van der Waals surface area contributed by atoms with Crippen LogP contribution >= 0.6 is 39.7 Å². The minimum Gasteiger partial charge on any atom is -0.491 e. The number of hydrogen-bond donors (Lipinski definition) is 3. The Labute approximate surface area is 187 Å². The lowest BCUT2D eigenvalue weighted by Crippen LogP contribution is -2.49. The molecule has 0 unspecified atom stereocenters. The van der Waals surface area contributed by atoms with E-state index in [1.165, 1.54) is 0 Å². The summed E-state index contributed by atoms with van der Waals surface area (Å²) in [5, 5.41) is 2.95. The molecule has 0 spiro atoms. The van der Waals surface area contributed by atoms with Crippen molar-refractivity contribution in [2.24, 2.45) is 0 Å². The van der Waals surface area contributed by atoms with Crippen molar-refractivity contribution in [3.63, 3.8) is 0 Å². The molecule has 0 aliphatic carbocycles. The van der Waals surface area contributed by atoms with E-state index >= 15 is 0 Å². The lowest BCUT2D eigenvalue weighted by Gasteiger charge is -2.12. The number of amides is 2. The van der Waals surface area contributed by atoms with E-state index in [0.717, 1.165) is 0 Å². The summed E-state index contributed by atoms with van der Waals surface area (Å²) in [6.45, 7) is 3.57. The van der Waals surface area contributed by atoms with Crippen LogP contribution in [-0.4, -0.2) is 29.6 Å². The van der Waals surface area contributed by atoms with Crippen LogP contribution in [-0.2, 0) is 4.79 Å². The Bertz CT molecular complexity index is 894. The van der Waals surface area contributed by atoms with Gasteiger partial charge in [-0.25, -0.2) is 0 Å². The maximum atomic E-state index is 12.2. The molecule has 0 aliphatic rings. The number of hydrazine groups is 1. The SMILES string of the molecule is CC(C)Oc1ccc(C(=O)NC(=S)NNC(=O)COc2ccc(Cl)cc2Br)cc1. The van der Waals surface area contributed by atoms with Crippen molar-refractivity contribution in [3.8, 4) is 11.5 Å². The standard InChI is InChI=1S/C19H19BrClN3O4S/c1-11(2)28-14-6-3-12(4-7-14)18(26)22-19(29)24-23-17(25)10-27-16-8-5-13(21)9-15(16)20/h3-9,11H,10H2,1-2H3,(H,23,25)(H2,22,24,26,29). The van der Waals surface area contributed by atoms with Gasteiger partial charge in [0.25, 0.3) is 11.8 Å². The zero-order valence-electron chi connectivity index (χ0n) is 15.6. The van der Waals surface area contributed by atoms with E-state index in [4.69, 9.17) is 33.3 Å². The summed E-state index contributed by atoms with van der Waals surface area (Å²) in [6, 6.07) is 11.6. The van der Waals surface area contributed by atoms with Gasteiger partial charge in [0.15, 0.2) is 11.7 Å². The third-order valence-electron chi connectivity index (χ3n) is 3.28. The number of hydrogen-bond acceptors (Lipinski definition) is 5. The molecule has 2 amide bonds. The van der Waals surface area contributed by atoms with Gasteiger partial charge in [0, 0.05) is 10.6 Å². The van der Waals surface area contributed by atoms with E-state index in [-0.39, 0.29) is 17.8 Å². The first-order chi connectivity index (χ1) is 13.7. The molecular weight excluding hydrogens is 482 g/mol. The Morgan fingerprint density at radius 2 is 1.83 bits per heavy atom. The Hall–Kier alpha value is -2.36. The van der Waals surface area contributed by atoms with Crippen molar-refractivity contribution >= 4 is 56.7 Å². The number of thiocarbonyl (C=S) groups is 1. The number of carbonyl (C=O) groups excluding carboxylic acids is 2. The molecule has 0 aliphatic heterocycles. The van der Waals surface area contributed by atoms with Crippen LogP contribution in [0.5, 0.6) is 11.5 Å². The number of nitrogens with one attached hydrogen (secondary N) is 3. The van der Waals surface area contributed by atoms with E-state index in [9.17, 15) is 9.59 Å². The van der Waals surface area contributed by atoms with Crippen molar-refractivity contribution < 1.29 is 19.1 Å². The minimum atomic E-state index is -0.487. The Morgan fingerprint density at radius 1 is 1.14 bits per heavy atom. The van der Waals surface area contributed by atoms with Crippen LogP contribution in [0.25, 0.3) is 0 Å². The highest BCUT2D eigenvalue weighted by Crippen LogP contribution is 2.27. The molecule has 0 bridgehead atoms. The van der Waals surface area contributed by atoms with E-state index < -0.39 is 11.8 Å². The summed E-state index contributed by atoms with van der Waals surface area (Å²) in [5.41, 5.74) is 5.18. The monoisotopic (exact) mass is 499 g/mol. The lowest BCUT2D eigenvalue weighted by molar-refractivity contribution is -0.123. The number of benzene rings is 2. The molecule has 0 saturated carbocycles. The molecule has 7 nitrogen and oxygen atoms in total. The summed E-state index contributed by atoms with van der Waals surface area (Å²) < 4.78 is 11.5. The second-order valence-electron chi connectivity index (χ2n) is 6.01. The van der Waals surface area contributed by atoms with Crippen LogP contribution in [0.2, 0.25) is 5.02 Å². The molecule has 10 heteroatoms. The van der Waals surface area contributed by atoms with Crippen LogP contribution in [0.1, 0.15) is 24.2 Å². The first-order valence-corrected chi connectivity index (χ1v) is 10.1. The Morgan fingerprint density at radius 3 is 2.45 bits per heavy atom. The highest BCUT2D eigenvalue weighted by molar-refractivity contribution is 9.10. The summed E-state index contributed by atoms with van der Waals surface area (Å²) in [7, 11) is 0. The molecule has 0 heterocycles. The van der Waals surface area contributed by atoms with Crippen LogP contribution in [0.15, 0.2) is 46.9 Å². The summed E-state index contributed by atoms with van der Waals surface area (Å²) in [4.78, 5) is 24.0. The molecule has 29 heavy (non-hydrogen) atoms. The molecule has 2 aromatic rings. The third-order valence-corrected chi connectivity index (χ3v) is 4.34. The van der Waals surface area contributed by atoms with E-state index in [2.05, 4.69) is 32.1 Å². The molecular formula is C19H19BrClN3O4S. The van der Waals surface area contributed by atoms with Crippen molar-refractivity contribution in [2.45, 2.75) is 20.0 Å². The smallest absolute Gasteiger partial charge is 0.276 e. The van der Waals surface area contributed by atoms with Crippen LogP contribution < -0.4 is 25.6 Å². The van der Waals surface area contributed by atoms with Crippen LogP contribution in [0.4, 0.5) is 0 Å². The maximum absolute atomic E-state index is 12.2. The molecule has 0 aromatic heterocycles. The molecule has 3 N–H and O–H groups in total. The quantitative estimate of drug-likeness (QED) is 0.415. The van der Waals surface area contributed by atoms with Gasteiger partial charge in [-0.2, -0.15) is 0 Å². The summed E-state index contributed by atoms with van der Waals surface area (Å²) >= 11 is 14.1. The first-order valence-electron chi connectivity index (χ1n) is 8.49. The predicted molar refractivity (Wildman–Crippen MR) is 118 cm³/mol.